The van der Waals surface area contributed by atoms with Crippen molar-refractivity contribution in [1.29, 1.82) is 0 Å². The van der Waals surface area contributed by atoms with E-state index in [1.54, 1.807) is 30.2 Å². The van der Waals surface area contributed by atoms with E-state index >= 15 is 0 Å². The van der Waals surface area contributed by atoms with Crippen LogP contribution in [-0.2, 0) is 17.4 Å². The number of carbonyl (C=O) groups excluding carboxylic acids is 1. The number of nitrogens with zero attached hydrogens (tertiary/aromatic N) is 2. The van der Waals surface area contributed by atoms with E-state index in [-0.39, 0.29) is 36.2 Å². The predicted molar refractivity (Wildman–Crippen MR) is 123 cm³/mol. The first kappa shape index (κ1) is 26.0. The Balaban J connectivity index is 0.00000363. The molecular formula is C24H30ClF3N2O2. The molecule has 8 heteroatoms. The molecular weight excluding hydrogens is 441 g/mol. The predicted octanol–water partition coefficient (Wildman–Crippen LogP) is 5.40. The van der Waals surface area contributed by atoms with Crippen LogP contribution in [0.3, 0.4) is 0 Å². The monoisotopic (exact) mass is 470 g/mol. The first-order valence-electron chi connectivity index (χ1n) is 10.5. The number of anilines is 1. The minimum atomic E-state index is -4.49. The van der Waals surface area contributed by atoms with E-state index in [4.69, 9.17) is 4.74 Å². The maximum atomic E-state index is 13.9. The van der Waals surface area contributed by atoms with E-state index in [0.717, 1.165) is 11.6 Å². The third kappa shape index (κ3) is 5.38. The van der Waals surface area contributed by atoms with Gasteiger partial charge in [0.05, 0.1) is 12.7 Å². The normalized spacial score (nSPS) is 18.8. The van der Waals surface area contributed by atoms with Crippen LogP contribution in [0, 0.1) is 5.92 Å². The lowest BCUT2D eigenvalue weighted by Gasteiger charge is -2.29. The molecule has 4 nitrogen and oxygen atoms in total. The third-order valence-electron chi connectivity index (χ3n) is 6.00. The number of fused-ring (bicyclic) bond motifs is 1. The summed E-state index contributed by atoms with van der Waals surface area (Å²) in [5.41, 5.74) is 0.747. The number of hydrogen-bond donors (Lipinski definition) is 0. The maximum Gasteiger partial charge on any atom is 0.416 e. The molecule has 0 aliphatic carbocycles. The number of likely N-dealkylation sites (N-methyl/N-ethyl adjacent to an activating group) is 1. The Bertz CT molecular complexity index is 916. The van der Waals surface area contributed by atoms with Crippen molar-refractivity contribution in [1.82, 2.24) is 4.90 Å². The van der Waals surface area contributed by atoms with E-state index in [1.807, 2.05) is 38.1 Å². The number of amides is 1. The first-order chi connectivity index (χ1) is 14.7. The molecule has 1 aliphatic heterocycles. The molecule has 0 bridgehead atoms. The maximum absolute atomic E-state index is 13.9. The summed E-state index contributed by atoms with van der Waals surface area (Å²) in [5.74, 6) is -0.219. The molecule has 176 valence electrons. The average Bonchev–Trinajstić information content (AvgIpc) is 2.85. The Kier molecular flexibility index (Phi) is 8.60. The minimum absolute atomic E-state index is 0. The van der Waals surface area contributed by atoms with Crippen molar-refractivity contribution in [3.8, 4) is 5.75 Å². The van der Waals surface area contributed by atoms with Gasteiger partial charge in [-0.05, 0) is 68.2 Å². The molecule has 0 N–H and O–H groups in total. The lowest BCUT2D eigenvalue weighted by molar-refractivity contribution is -0.138. The molecule has 32 heavy (non-hydrogen) atoms. The summed E-state index contributed by atoms with van der Waals surface area (Å²) in [4.78, 5) is 17.1. The molecule has 0 saturated carbocycles. The van der Waals surface area contributed by atoms with Crippen LogP contribution < -0.4 is 9.64 Å². The summed E-state index contributed by atoms with van der Waals surface area (Å²) in [7, 11) is 5.33. The molecule has 1 amide bonds. The van der Waals surface area contributed by atoms with Crippen molar-refractivity contribution in [3.05, 3.63) is 59.2 Å². The van der Waals surface area contributed by atoms with Crippen molar-refractivity contribution in [3.63, 3.8) is 0 Å². The zero-order valence-electron chi connectivity index (χ0n) is 18.8. The summed E-state index contributed by atoms with van der Waals surface area (Å²) in [6.45, 7) is 2.82. The molecule has 2 atom stereocenters. The van der Waals surface area contributed by atoms with Crippen LogP contribution in [0.4, 0.5) is 18.9 Å². The smallest absolute Gasteiger partial charge is 0.416 e. The first-order valence-corrected chi connectivity index (χ1v) is 10.5. The Morgan fingerprint density at radius 3 is 2.31 bits per heavy atom. The number of ether oxygens (including phenoxy) is 1. The van der Waals surface area contributed by atoms with E-state index in [9.17, 15) is 18.0 Å². The summed E-state index contributed by atoms with van der Waals surface area (Å²) in [6.07, 6.45) is -3.79. The van der Waals surface area contributed by atoms with Crippen molar-refractivity contribution in [2.24, 2.45) is 5.92 Å². The fourth-order valence-electron chi connectivity index (χ4n) is 4.35. The van der Waals surface area contributed by atoms with E-state index in [2.05, 4.69) is 0 Å². The number of methoxy groups -OCH3 is 1. The third-order valence-corrected chi connectivity index (χ3v) is 6.00. The van der Waals surface area contributed by atoms with Gasteiger partial charge in [-0.25, -0.2) is 0 Å². The van der Waals surface area contributed by atoms with Gasteiger partial charge >= 0.3 is 6.18 Å². The summed E-state index contributed by atoms with van der Waals surface area (Å²) in [6, 6.07) is 11.4. The SMILES string of the molecule is CC[C@H]1C(=O)N(CCN(C)C)c2cccc(C(F)(F)F)c2C[C@H]1c1ccc(OC)cc1.Cl. The standard InChI is InChI=1S/C24H29F3N2O2.ClH/c1-5-18-19(16-9-11-17(31-4)12-10-16)15-20-21(24(25,26)27)7-6-8-22(20)29(23(18)30)14-13-28(2)3;/h6-12,18-19H,5,13-15H2,1-4H3;1H/t18-,19+;/m1./s1. The van der Waals surface area contributed by atoms with Gasteiger partial charge < -0.3 is 14.5 Å². The number of benzene rings is 2. The minimum Gasteiger partial charge on any atom is -0.497 e. The van der Waals surface area contributed by atoms with E-state index in [1.165, 1.54) is 6.07 Å². The van der Waals surface area contributed by atoms with Gasteiger partial charge in [-0.3, -0.25) is 4.79 Å². The molecule has 2 aromatic rings. The fourth-order valence-corrected chi connectivity index (χ4v) is 4.35. The summed E-state index contributed by atoms with van der Waals surface area (Å²) in [5, 5.41) is 0. The number of rotatable bonds is 6. The van der Waals surface area contributed by atoms with Crippen LogP contribution >= 0.6 is 12.4 Å². The van der Waals surface area contributed by atoms with Crippen molar-refractivity contribution in [2.45, 2.75) is 31.9 Å². The molecule has 0 radical (unpaired) electrons. The molecule has 3 rings (SSSR count). The highest BCUT2D eigenvalue weighted by atomic mass is 35.5. The van der Waals surface area contributed by atoms with Crippen molar-refractivity contribution in [2.75, 3.05) is 39.2 Å². The molecule has 1 aliphatic rings. The number of carbonyl (C=O) groups is 1. The second-order valence-electron chi connectivity index (χ2n) is 8.19. The van der Waals surface area contributed by atoms with Crippen LogP contribution in [0.25, 0.3) is 0 Å². The zero-order chi connectivity index (χ0) is 22.8. The highest BCUT2D eigenvalue weighted by Crippen LogP contribution is 2.44. The van der Waals surface area contributed by atoms with Crippen molar-refractivity contribution < 1.29 is 22.7 Å². The highest BCUT2D eigenvalue weighted by molar-refractivity contribution is 5.97. The van der Waals surface area contributed by atoms with Crippen LogP contribution in [0.1, 0.15) is 36.0 Å². The quantitative estimate of drug-likeness (QED) is 0.567. The highest BCUT2D eigenvalue weighted by Gasteiger charge is 2.41. The number of halogens is 4. The Morgan fingerprint density at radius 1 is 1.12 bits per heavy atom. The van der Waals surface area contributed by atoms with E-state index < -0.39 is 17.7 Å². The Hall–Kier alpha value is -2.25. The summed E-state index contributed by atoms with van der Waals surface area (Å²) < 4.78 is 47.0. The van der Waals surface area contributed by atoms with Gasteiger partial charge in [-0.1, -0.05) is 25.1 Å². The molecule has 0 aromatic heterocycles. The molecule has 0 fully saturated rings. The van der Waals surface area contributed by atoms with Crippen LogP contribution in [0.2, 0.25) is 0 Å². The van der Waals surface area contributed by atoms with Gasteiger partial charge in [0, 0.05) is 24.7 Å². The Morgan fingerprint density at radius 2 is 1.78 bits per heavy atom. The lowest BCUT2D eigenvalue weighted by Crippen LogP contribution is -2.41. The van der Waals surface area contributed by atoms with Gasteiger partial charge in [0.15, 0.2) is 0 Å². The zero-order valence-corrected chi connectivity index (χ0v) is 19.6. The lowest BCUT2D eigenvalue weighted by atomic mass is 9.79. The largest absolute Gasteiger partial charge is 0.497 e. The molecule has 0 saturated heterocycles. The molecule has 2 aromatic carbocycles. The second-order valence-corrected chi connectivity index (χ2v) is 8.19. The van der Waals surface area contributed by atoms with Gasteiger partial charge in [-0.2, -0.15) is 13.2 Å². The van der Waals surface area contributed by atoms with Gasteiger partial charge in [-0.15, -0.1) is 12.4 Å². The van der Waals surface area contributed by atoms with E-state index in [0.29, 0.717) is 30.9 Å². The number of alkyl halides is 3. The topological polar surface area (TPSA) is 32.8 Å². The van der Waals surface area contributed by atoms with Gasteiger partial charge in [0.1, 0.15) is 5.75 Å². The number of hydrogen-bond acceptors (Lipinski definition) is 3. The Labute approximate surface area is 193 Å². The summed E-state index contributed by atoms with van der Waals surface area (Å²) >= 11 is 0. The van der Waals surface area contributed by atoms with Gasteiger partial charge in [0.25, 0.3) is 0 Å². The van der Waals surface area contributed by atoms with Crippen molar-refractivity contribution >= 4 is 24.0 Å². The fraction of sp³-hybridized carbons (Fsp3) is 0.458. The molecule has 0 unspecified atom stereocenters. The van der Waals surface area contributed by atoms with Crippen LogP contribution in [-0.4, -0.2) is 45.1 Å². The van der Waals surface area contributed by atoms with Crippen LogP contribution in [0.5, 0.6) is 5.75 Å². The van der Waals surface area contributed by atoms with Gasteiger partial charge in [0.2, 0.25) is 5.91 Å². The molecule has 1 heterocycles. The average molecular weight is 471 g/mol. The van der Waals surface area contributed by atoms with Crippen LogP contribution in [0.15, 0.2) is 42.5 Å². The molecule has 0 spiro atoms. The second kappa shape index (κ2) is 10.6.